The third-order valence-corrected chi connectivity index (χ3v) is 5.27. The van der Waals surface area contributed by atoms with Crippen LogP contribution in [0.4, 0.5) is 10.1 Å². The molecule has 1 heterocycles. The fourth-order valence-electron chi connectivity index (χ4n) is 3.33. The summed E-state index contributed by atoms with van der Waals surface area (Å²) in [5.74, 6) is 0.886. The van der Waals surface area contributed by atoms with E-state index < -0.39 is 5.82 Å². The Morgan fingerprint density at radius 1 is 1.34 bits per heavy atom. The number of hydrogen-bond donors (Lipinski definition) is 2. The lowest BCUT2D eigenvalue weighted by molar-refractivity contribution is 0.0342. The van der Waals surface area contributed by atoms with Crippen molar-refractivity contribution in [2.75, 3.05) is 51.9 Å². The summed E-state index contributed by atoms with van der Waals surface area (Å²) < 4.78 is 30.3. The molecule has 0 amide bonds. The molecule has 0 bridgehead atoms. The maximum absolute atomic E-state index is 13.5. The van der Waals surface area contributed by atoms with Crippen molar-refractivity contribution >= 4 is 23.0 Å². The lowest BCUT2D eigenvalue weighted by Gasteiger charge is -2.26. The molecule has 1 aliphatic carbocycles. The van der Waals surface area contributed by atoms with Crippen molar-refractivity contribution in [3.05, 3.63) is 76.9 Å². The van der Waals surface area contributed by atoms with Gasteiger partial charge >= 0.3 is 0 Å². The minimum Gasteiger partial charge on any atom is -0.493 e. The van der Waals surface area contributed by atoms with Gasteiger partial charge in [0.1, 0.15) is 11.6 Å². The summed E-state index contributed by atoms with van der Waals surface area (Å²) in [7, 11) is 1.57. The minimum absolute atomic E-state index is 0.00202. The SMILES string of the molecule is C=C/N=C1/C=C(OC)C(OCCCN2CCOCC2)=C/C1=C(/N)Nc1ccc(F)c(Cl)c1. The van der Waals surface area contributed by atoms with Crippen molar-refractivity contribution in [2.45, 2.75) is 6.42 Å². The lowest BCUT2D eigenvalue weighted by atomic mass is 10.0. The topological polar surface area (TPSA) is 81.3 Å². The van der Waals surface area contributed by atoms with Crippen molar-refractivity contribution in [3.8, 4) is 0 Å². The Kier molecular flexibility index (Phi) is 8.72. The average molecular weight is 463 g/mol. The smallest absolute Gasteiger partial charge is 0.162 e. The molecule has 0 spiro atoms. The van der Waals surface area contributed by atoms with Crippen LogP contribution in [0.25, 0.3) is 0 Å². The second kappa shape index (κ2) is 11.7. The quantitative estimate of drug-likeness (QED) is 0.543. The molecule has 1 aliphatic heterocycles. The number of halogens is 2. The molecule has 1 aromatic rings. The van der Waals surface area contributed by atoms with Crippen molar-refractivity contribution < 1.29 is 18.6 Å². The Morgan fingerprint density at radius 3 is 2.81 bits per heavy atom. The Bertz CT molecular complexity index is 953. The Morgan fingerprint density at radius 2 is 2.12 bits per heavy atom. The summed E-state index contributed by atoms with van der Waals surface area (Å²) in [6, 6.07) is 4.27. The van der Waals surface area contributed by atoms with Crippen LogP contribution in [-0.2, 0) is 14.2 Å². The molecule has 7 nitrogen and oxygen atoms in total. The highest BCUT2D eigenvalue weighted by atomic mass is 35.5. The molecule has 2 aliphatic rings. The van der Waals surface area contributed by atoms with Crippen molar-refractivity contribution in [1.82, 2.24) is 4.90 Å². The predicted octanol–water partition coefficient (Wildman–Crippen LogP) is 3.81. The van der Waals surface area contributed by atoms with Crippen LogP contribution >= 0.6 is 11.6 Å². The molecule has 3 rings (SSSR count). The van der Waals surface area contributed by atoms with Gasteiger partial charge in [0, 0.05) is 43.2 Å². The fourth-order valence-corrected chi connectivity index (χ4v) is 3.51. The van der Waals surface area contributed by atoms with E-state index in [4.69, 9.17) is 31.5 Å². The first kappa shape index (κ1) is 23.8. The van der Waals surface area contributed by atoms with Crippen LogP contribution in [0.5, 0.6) is 0 Å². The number of allylic oxidation sites excluding steroid dienone is 3. The van der Waals surface area contributed by atoms with Crippen LogP contribution in [0, 0.1) is 5.82 Å². The molecule has 1 saturated heterocycles. The molecular weight excluding hydrogens is 435 g/mol. The maximum atomic E-state index is 13.5. The lowest BCUT2D eigenvalue weighted by Crippen LogP contribution is -2.37. The number of ether oxygens (including phenoxy) is 3. The van der Waals surface area contributed by atoms with E-state index in [1.807, 2.05) is 0 Å². The number of nitrogens with zero attached hydrogens (tertiary/aromatic N) is 2. The van der Waals surface area contributed by atoms with Gasteiger partial charge in [-0.1, -0.05) is 18.2 Å². The van der Waals surface area contributed by atoms with Gasteiger partial charge in [-0.15, -0.1) is 0 Å². The second-order valence-electron chi connectivity index (χ2n) is 7.16. The van der Waals surface area contributed by atoms with E-state index in [0.717, 1.165) is 39.3 Å². The molecular formula is C23H28ClFN4O3. The zero-order chi connectivity index (χ0) is 22.9. The molecule has 1 aromatic carbocycles. The standard InChI is InChI=1S/C23H28ClFN4O3/c1-3-27-20-15-21(30-2)22(32-10-4-7-29-8-11-31-12-9-29)14-17(20)23(26)28-16-5-6-19(25)18(24)13-16/h3,5-6,13-15,28H,1,4,7-12,26H2,2H3/b23-17+,27-20-. The number of hydrogen-bond acceptors (Lipinski definition) is 7. The first-order chi connectivity index (χ1) is 15.5. The third-order valence-electron chi connectivity index (χ3n) is 4.98. The Hall–Kier alpha value is -2.81. The summed E-state index contributed by atoms with van der Waals surface area (Å²) in [5, 5.41) is 3.03. The molecule has 0 radical (unpaired) electrons. The average Bonchev–Trinajstić information content (AvgIpc) is 2.80. The van der Waals surface area contributed by atoms with Gasteiger partial charge in [0.2, 0.25) is 0 Å². The van der Waals surface area contributed by atoms with Crippen LogP contribution in [0.3, 0.4) is 0 Å². The third kappa shape index (κ3) is 6.35. The van der Waals surface area contributed by atoms with Crippen molar-refractivity contribution in [2.24, 2.45) is 10.7 Å². The van der Waals surface area contributed by atoms with E-state index in [0.29, 0.717) is 40.9 Å². The van der Waals surface area contributed by atoms with Gasteiger partial charge in [0.05, 0.1) is 37.7 Å². The van der Waals surface area contributed by atoms with Gasteiger partial charge in [0.15, 0.2) is 11.5 Å². The summed E-state index contributed by atoms with van der Waals surface area (Å²) in [4.78, 5) is 6.64. The predicted molar refractivity (Wildman–Crippen MR) is 125 cm³/mol. The number of benzene rings is 1. The van der Waals surface area contributed by atoms with Crippen LogP contribution in [0.2, 0.25) is 5.02 Å². The highest BCUT2D eigenvalue weighted by Crippen LogP contribution is 2.26. The number of methoxy groups -OCH3 is 1. The summed E-state index contributed by atoms with van der Waals surface area (Å²) >= 11 is 5.87. The molecule has 172 valence electrons. The van der Waals surface area contributed by atoms with Gasteiger partial charge in [-0.3, -0.25) is 9.89 Å². The van der Waals surface area contributed by atoms with E-state index >= 15 is 0 Å². The molecule has 0 aromatic heterocycles. The zero-order valence-corrected chi connectivity index (χ0v) is 18.8. The van der Waals surface area contributed by atoms with Crippen molar-refractivity contribution in [3.63, 3.8) is 0 Å². The number of nitrogens with one attached hydrogen (secondary N) is 1. The number of nitrogens with two attached hydrogens (primary N) is 1. The molecule has 0 unspecified atom stereocenters. The Balaban J connectivity index is 1.75. The first-order valence-corrected chi connectivity index (χ1v) is 10.7. The van der Waals surface area contributed by atoms with Crippen LogP contribution in [0.15, 0.2) is 71.0 Å². The molecule has 0 saturated carbocycles. The van der Waals surface area contributed by atoms with Crippen LogP contribution in [0.1, 0.15) is 6.42 Å². The fraction of sp³-hybridized carbons (Fsp3) is 0.348. The molecule has 0 atom stereocenters. The summed E-state index contributed by atoms with van der Waals surface area (Å²) in [5.41, 5.74) is 8.01. The van der Waals surface area contributed by atoms with Gasteiger partial charge in [-0.2, -0.15) is 0 Å². The van der Waals surface area contributed by atoms with Crippen LogP contribution in [-0.4, -0.2) is 57.2 Å². The Labute approximate surface area is 192 Å². The van der Waals surface area contributed by atoms with E-state index in [1.54, 1.807) is 25.3 Å². The molecule has 32 heavy (non-hydrogen) atoms. The number of aliphatic imine (C=N–C) groups is 1. The zero-order valence-electron chi connectivity index (χ0n) is 18.1. The minimum atomic E-state index is -0.504. The highest BCUT2D eigenvalue weighted by molar-refractivity contribution is 6.31. The normalized spacial score (nSPS) is 19.8. The van der Waals surface area contributed by atoms with E-state index in [9.17, 15) is 4.39 Å². The van der Waals surface area contributed by atoms with Gasteiger partial charge in [-0.05, 0) is 30.7 Å². The number of rotatable bonds is 9. The van der Waals surface area contributed by atoms with Crippen LogP contribution < -0.4 is 11.1 Å². The first-order valence-electron chi connectivity index (χ1n) is 10.3. The molecule has 1 fully saturated rings. The largest absolute Gasteiger partial charge is 0.493 e. The van der Waals surface area contributed by atoms with Gasteiger partial charge in [-0.25, -0.2) is 4.39 Å². The molecule has 9 heteroatoms. The monoisotopic (exact) mass is 462 g/mol. The van der Waals surface area contributed by atoms with Gasteiger partial charge in [0.25, 0.3) is 0 Å². The number of anilines is 1. The summed E-state index contributed by atoms with van der Waals surface area (Å²) in [6.45, 7) is 8.54. The van der Waals surface area contributed by atoms with Crippen molar-refractivity contribution in [1.29, 1.82) is 0 Å². The summed E-state index contributed by atoms with van der Waals surface area (Å²) in [6.07, 6.45) is 5.79. The van der Waals surface area contributed by atoms with E-state index in [-0.39, 0.29) is 5.02 Å². The molecule has 3 N–H and O–H groups in total. The highest BCUT2D eigenvalue weighted by Gasteiger charge is 2.21. The number of morpholine rings is 1. The maximum Gasteiger partial charge on any atom is 0.162 e. The van der Waals surface area contributed by atoms with Gasteiger partial charge < -0.3 is 25.3 Å². The van der Waals surface area contributed by atoms with E-state index in [1.165, 1.54) is 18.3 Å². The van der Waals surface area contributed by atoms with E-state index in [2.05, 4.69) is 21.8 Å². The second-order valence-corrected chi connectivity index (χ2v) is 7.56.